The lowest BCUT2D eigenvalue weighted by Gasteiger charge is -2.36. The normalized spacial score (nSPS) is 14.9. The van der Waals surface area contributed by atoms with Crippen LogP contribution in [0.3, 0.4) is 0 Å². The summed E-state index contributed by atoms with van der Waals surface area (Å²) in [5.41, 5.74) is 23.7. The third-order valence-corrected chi connectivity index (χ3v) is 14.3. The number of H-pyrrole nitrogens is 2. The van der Waals surface area contributed by atoms with Crippen molar-refractivity contribution in [2.45, 2.75) is 125 Å². The van der Waals surface area contributed by atoms with E-state index in [1.807, 2.05) is 65.0 Å². The number of rotatable bonds is 18. The number of hydrogen-bond donors (Lipinski definition) is 5. The van der Waals surface area contributed by atoms with Gasteiger partial charge in [-0.1, -0.05) is 174 Å². The van der Waals surface area contributed by atoms with E-state index in [0.717, 1.165) is 104 Å². The molecule has 2 aromatic heterocycles. The molecule has 0 amide bonds. The fourth-order valence-corrected chi connectivity index (χ4v) is 10.3. The molecule has 3 heterocycles. The van der Waals surface area contributed by atoms with Gasteiger partial charge in [-0.3, -0.25) is 0 Å². The Kier molecular flexibility index (Phi) is 22.2. The van der Waals surface area contributed by atoms with Crippen LogP contribution in [0.25, 0.3) is 28.3 Å². The molecular formula is C65H84N8S. The Morgan fingerprint density at radius 1 is 0.743 bits per heavy atom. The number of fused-ring (bicyclic) bond motifs is 2. The van der Waals surface area contributed by atoms with Crippen molar-refractivity contribution in [3.63, 3.8) is 0 Å². The fourth-order valence-electron chi connectivity index (χ4n) is 10.3. The number of piperazine rings is 1. The minimum atomic E-state index is -0.176. The van der Waals surface area contributed by atoms with Gasteiger partial charge in [0.1, 0.15) is 17.5 Å². The lowest BCUT2D eigenvalue weighted by Crippen LogP contribution is -2.43. The summed E-state index contributed by atoms with van der Waals surface area (Å²) in [7, 11) is 0. The van der Waals surface area contributed by atoms with Crippen molar-refractivity contribution >= 4 is 46.7 Å². The lowest BCUT2D eigenvalue weighted by atomic mass is 9.66. The number of nitrogens with zero attached hydrogens (tertiary/aromatic N) is 4. The fraction of sp³-hybridized carbons (Fsp3) is 0.369. The van der Waals surface area contributed by atoms with Gasteiger partial charge >= 0.3 is 0 Å². The maximum absolute atomic E-state index is 6.56. The van der Waals surface area contributed by atoms with Gasteiger partial charge in [0.15, 0.2) is 0 Å². The molecule has 0 bridgehead atoms. The second kappa shape index (κ2) is 28.9. The number of aliphatic imine (C=N–C) groups is 1. The number of aryl methyl sites for hydroxylation is 3. The average Bonchev–Trinajstić information content (AvgIpc) is 4.09. The van der Waals surface area contributed by atoms with E-state index in [-0.39, 0.29) is 5.41 Å². The van der Waals surface area contributed by atoms with Gasteiger partial charge in [0.25, 0.3) is 0 Å². The van der Waals surface area contributed by atoms with Crippen molar-refractivity contribution in [3.05, 3.63) is 207 Å². The van der Waals surface area contributed by atoms with E-state index in [0.29, 0.717) is 11.5 Å². The number of unbranched alkanes of at least 4 members (excludes halogenated alkanes) is 4. The summed E-state index contributed by atoms with van der Waals surface area (Å²) in [6, 6.07) is 35.7. The summed E-state index contributed by atoms with van der Waals surface area (Å²) < 4.78 is 0. The SMILES string of the molecule is C=C(/C=C\C(=C/C)c1nc2c([nH]1)CCC(N1CCNCC1)=C2)N=C(N)c1ccc2nc(C3=CC=C(CCCCCCCC(c4ccccc4)(c4ccc(C)cc4)c4ccc(C)cc4)CC3)[nH]c2c1.CC.CC.CS. The number of nitrogens with two attached hydrogens (primary N) is 1. The quantitative estimate of drug-likeness (QED) is 0.0147. The third kappa shape index (κ3) is 14.4. The highest BCUT2D eigenvalue weighted by Crippen LogP contribution is 2.44. The van der Waals surface area contributed by atoms with E-state index in [9.17, 15) is 0 Å². The van der Waals surface area contributed by atoms with Crippen molar-refractivity contribution < 1.29 is 0 Å². The molecule has 3 aliphatic rings. The van der Waals surface area contributed by atoms with Gasteiger partial charge in [0, 0.05) is 54.1 Å². The van der Waals surface area contributed by atoms with Crippen LogP contribution in [-0.2, 0) is 11.8 Å². The Bertz CT molecular complexity index is 2860. The number of thiol groups is 1. The number of nitrogens with one attached hydrogen (secondary N) is 3. The summed E-state index contributed by atoms with van der Waals surface area (Å²) in [4.78, 5) is 24.2. The van der Waals surface area contributed by atoms with E-state index in [2.05, 4.69) is 161 Å². The molecule has 0 unspecified atom stereocenters. The number of amidine groups is 1. The Morgan fingerprint density at radius 2 is 1.39 bits per heavy atom. The molecule has 6 aromatic rings. The summed E-state index contributed by atoms with van der Waals surface area (Å²) in [5, 5.41) is 3.45. The number of benzene rings is 4. The molecular weight excluding hydrogens is 925 g/mol. The molecule has 74 heavy (non-hydrogen) atoms. The molecule has 0 radical (unpaired) electrons. The maximum Gasteiger partial charge on any atom is 0.137 e. The van der Waals surface area contributed by atoms with Crippen molar-refractivity contribution in [2.75, 3.05) is 32.4 Å². The first-order valence-electron chi connectivity index (χ1n) is 27.4. The first kappa shape index (κ1) is 56.9. The van der Waals surface area contributed by atoms with Crippen molar-refractivity contribution in [2.24, 2.45) is 10.7 Å². The van der Waals surface area contributed by atoms with E-state index < -0.39 is 0 Å². The molecule has 390 valence electrons. The Balaban J connectivity index is 0.00000143. The van der Waals surface area contributed by atoms with E-state index in [1.54, 1.807) is 6.26 Å². The number of aromatic nitrogens is 4. The van der Waals surface area contributed by atoms with Crippen LogP contribution >= 0.6 is 12.6 Å². The molecule has 1 aliphatic heterocycles. The summed E-state index contributed by atoms with van der Waals surface area (Å²) >= 11 is 3.53. The van der Waals surface area contributed by atoms with Crippen LogP contribution < -0.4 is 11.1 Å². The number of imidazole rings is 2. The zero-order valence-corrected chi connectivity index (χ0v) is 46.7. The molecule has 1 fully saturated rings. The van der Waals surface area contributed by atoms with Gasteiger partial charge in [0.2, 0.25) is 0 Å². The average molecular weight is 1010 g/mol. The molecule has 0 spiro atoms. The Labute approximate surface area is 449 Å². The van der Waals surface area contributed by atoms with Crippen molar-refractivity contribution in [1.29, 1.82) is 0 Å². The summed E-state index contributed by atoms with van der Waals surface area (Å²) in [6.45, 7) is 22.7. The highest BCUT2D eigenvalue weighted by Gasteiger charge is 2.35. The largest absolute Gasteiger partial charge is 0.383 e. The molecule has 8 nitrogen and oxygen atoms in total. The molecule has 0 atom stereocenters. The van der Waals surface area contributed by atoms with Gasteiger partial charge in [-0.15, -0.1) is 0 Å². The Hall–Kier alpha value is -6.42. The van der Waals surface area contributed by atoms with Gasteiger partial charge in [-0.2, -0.15) is 12.6 Å². The summed E-state index contributed by atoms with van der Waals surface area (Å²) in [6.07, 6.45) is 27.0. The zero-order valence-electron chi connectivity index (χ0n) is 45.8. The molecule has 4 aromatic carbocycles. The van der Waals surface area contributed by atoms with Gasteiger partial charge in [-0.25, -0.2) is 15.0 Å². The maximum atomic E-state index is 6.56. The molecule has 5 N–H and O–H groups in total. The van der Waals surface area contributed by atoms with Gasteiger partial charge in [0.05, 0.1) is 22.4 Å². The van der Waals surface area contributed by atoms with Crippen LogP contribution in [-0.4, -0.2) is 63.1 Å². The number of hydrogen-bond acceptors (Lipinski definition) is 6. The van der Waals surface area contributed by atoms with Crippen LogP contribution in [0.4, 0.5) is 0 Å². The van der Waals surface area contributed by atoms with Gasteiger partial charge in [-0.05, 0) is 131 Å². The predicted octanol–water partition coefficient (Wildman–Crippen LogP) is 15.4. The van der Waals surface area contributed by atoms with Crippen LogP contribution in [0.1, 0.15) is 155 Å². The smallest absolute Gasteiger partial charge is 0.137 e. The standard InChI is InChI=1S/C60H68N8.2C2H6.CH4S/c1-5-46(58-64-54-34-32-52(41-56(54)67-58)68-38-36-62-37-39-68)24-21-44(4)63-57(61)48-27-33-53-55(40-48)66-59(65-53)47-25-22-45(23-26-47)14-10-7-6-8-13-35-60(49-15-11-9-12-16-49,50-28-17-42(2)18-29-50)51-30-19-43(3)20-31-51;3*1-2/h5,9,11-12,15-22,24-25,27-31,33,40-41,62H,4,6-8,10,13-14,23,26,32,34-39H2,1-3H3,(H2,61,63)(H,64,67)(H,65,66);2*1-2H3;2H,1H3/b24-21-,46-5+;;;. The highest BCUT2D eigenvalue weighted by atomic mass is 32.1. The lowest BCUT2D eigenvalue weighted by molar-refractivity contribution is 0.291. The topological polar surface area (TPSA) is 111 Å². The second-order valence-corrected chi connectivity index (χ2v) is 19.0. The van der Waals surface area contributed by atoms with Gasteiger partial charge < -0.3 is 25.9 Å². The minimum Gasteiger partial charge on any atom is -0.383 e. The van der Waals surface area contributed by atoms with Crippen molar-refractivity contribution in [1.82, 2.24) is 30.2 Å². The van der Waals surface area contributed by atoms with Crippen LogP contribution in [0, 0.1) is 13.8 Å². The highest BCUT2D eigenvalue weighted by molar-refractivity contribution is 7.79. The third-order valence-electron chi connectivity index (χ3n) is 14.3. The number of allylic oxidation sites excluding steroid dienone is 9. The predicted molar refractivity (Wildman–Crippen MR) is 322 cm³/mol. The minimum absolute atomic E-state index is 0.176. The van der Waals surface area contributed by atoms with Crippen LogP contribution in [0.5, 0.6) is 0 Å². The zero-order chi connectivity index (χ0) is 52.9. The van der Waals surface area contributed by atoms with Crippen LogP contribution in [0.15, 0.2) is 156 Å². The van der Waals surface area contributed by atoms with E-state index in [4.69, 9.17) is 15.7 Å². The number of aromatic amines is 2. The first-order valence-corrected chi connectivity index (χ1v) is 28.3. The molecule has 2 aliphatic carbocycles. The summed E-state index contributed by atoms with van der Waals surface area (Å²) in [5.74, 6) is 2.19. The first-order chi connectivity index (χ1) is 36.2. The molecule has 9 rings (SSSR count). The second-order valence-electron chi connectivity index (χ2n) is 19.0. The van der Waals surface area contributed by atoms with Crippen LogP contribution in [0.2, 0.25) is 0 Å². The van der Waals surface area contributed by atoms with Crippen molar-refractivity contribution in [3.8, 4) is 0 Å². The van der Waals surface area contributed by atoms with E-state index >= 15 is 0 Å². The monoisotopic (exact) mass is 1010 g/mol. The molecule has 9 heteroatoms. The molecule has 1 saturated heterocycles. The molecule has 0 saturated carbocycles. The van der Waals surface area contributed by atoms with E-state index in [1.165, 1.54) is 82.5 Å². The Morgan fingerprint density at radius 3 is 2.04 bits per heavy atom.